The summed E-state index contributed by atoms with van der Waals surface area (Å²) in [5.41, 5.74) is 1.14. The monoisotopic (exact) mass is 458 g/mol. The van der Waals surface area contributed by atoms with E-state index < -0.39 is 0 Å². The molecule has 1 N–H and O–H groups in total. The van der Waals surface area contributed by atoms with Gasteiger partial charge in [0.2, 0.25) is 5.91 Å². The SMILES string of the molecule is CN(CC(=O)Nc1ccccc1Br)C(=O)c1cccc(OCc2cccs2)c1. The van der Waals surface area contributed by atoms with Crippen molar-refractivity contribution in [1.29, 1.82) is 0 Å². The number of nitrogens with one attached hydrogen (secondary N) is 1. The Hall–Kier alpha value is -2.64. The molecule has 0 aliphatic rings. The number of thiophene rings is 1. The third kappa shape index (κ3) is 5.43. The minimum atomic E-state index is -0.271. The minimum absolute atomic E-state index is 0.0551. The van der Waals surface area contributed by atoms with Crippen molar-refractivity contribution in [3.63, 3.8) is 0 Å². The molecule has 3 aromatic rings. The first-order chi connectivity index (χ1) is 13.5. The fourth-order valence-electron chi connectivity index (χ4n) is 2.53. The van der Waals surface area contributed by atoms with Gasteiger partial charge in [0.05, 0.1) is 12.2 Å². The van der Waals surface area contributed by atoms with Crippen molar-refractivity contribution in [1.82, 2.24) is 4.90 Å². The molecule has 0 atom stereocenters. The average molecular weight is 459 g/mol. The molecule has 0 aliphatic heterocycles. The Kier molecular flexibility index (Phi) is 6.84. The molecule has 0 unspecified atom stereocenters. The zero-order chi connectivity index (χ0) is 19.9. The minimum Gasteiger partial charge on any atom is -0.488 e. The summed E-state index contributed by atoms with van der Waals surface area (Å²) in [5.74, 6) is 0.0991. The normalized spacial score (nSPS) is 10.4. The maximum Gasteiger partial charge on any atom is 0.254 e. The lowest BCUT2D eigenvalue weighted by Crippen LogP contribution is -2.35. The molecule has 2 amide bonds. The van der Waals surface area contributed by atoms with Crippen LogP contribution in [0, 0.1) is 0 Å². The van der Waals surface area contributed by atoms with E-state index in [4.69, 9.17) is 4.74 Å². The first kappa shape index (κ1) is 20.1. The number of hydrogen-bond donors (Lipinski definition) is 1. The highest BCUT2D eigenvalue weighted by Crippen LogP contribution is 2.21. The molecule has 1 aromatic heterocycles. The number of rotatable bonds is 7. The van der Waals surface area contributed by atoms with Crippen LogP contribution in [0.2, 0.25) is 0 Å². The van der Waals surface area contributed by atoms with Gasteiger partial charge < -0.3 is 15.0 Å². The second kappa shape index (κ2) is 9.52. The van der Waals surface area contributed by atoms with Crippen LogP contribution in [-0.4, -0.2) is 30.3 Å². The Morgan fingerprint density at radius 3 is 2.68 bits per heavy atom. The molecule has 7 heteroatoms. The van der Waals surface area contributed by atoms with E-state index in [-0.39, 0.29) is 18.4 Å². The van der Waals surface area contributed by atoms with Crippen LogP contribution in [-0.2, 0) is 11.4 Å². The van der Waals surface area contributed by atoms with Crippen molar-refractivity contribution < 1.29 is 14.3 Å². The molecule has 3 rings (SSSR count). The maximum absolute atomic E-state index is 12.7. The topological polar surface area (TPSA) is 58.6 Å². The second-order valence-corrected chi connectivity index (χ2v) is 7.97. The van der Waals surface area contributed by atoms with Gasteiger partial charge in [0.15, 0.2) is 0 Å². The zero-order valence-electron chi connectivity index (χ0n) is 15.2. The van der Waals surface area contributed by atoms with Gasteiger partial charge in [-0.1, -0.05) is 24.3 Å². The van der Waals surface area contributed by atoms with E-state index in [0.717, 1.165) is 9.35 Å². The molecule has 2 aromatic carbocycles. The number of likely N-dealkylation sites (N-methyl/N-ethyl adjacent to an activating group) is 1. The molecule has 0 saturated carbocycles. The molecule has 0 bridgehead atoms. The lowest BCUT2D eigenvalue weighted by molar-refractivity contribution is -0.116. The lowest BCUT2D eigenvalue weighted by Gasteiger charge is -2.17. The quantitative estimate of drug-likeness (QED) is 0.552. The number of carbonyl (C=O) groups excluding carboxylic acids is 2. The summed E-state index contributed by atoms with van der Waals surface area (Å²) in [5, 5.41) is 4.78. The van der Waals surface area contributed by atoms with Crippen LogP contribution in [0.3, 0.4) is 0 Å². The molecular weight excluding hydrogens is 440 g/mol. The zero-order valence-corrected chi connectivity index (χ0v) is 17.6. The van der Waals surface area contributed by atoms with Crippen molar-refractivity contribution in [2.45, 2.75) is 6.61 Å². The number of hydrogen-bond acceptors (Lipinski definition) is 4. The average Bonchev–Trinajstić information content (AvgIpc) is 3.21. The van der Waals surface area contributed by atoms with Gasteiger partial charge in [-0.2, -0.15) is 0 Å². The number of halogens is 1. The predicted octanol–water partition coefficient (Wildman–Crippen LogP) is 4.80. The maximum atomic E-state index is 12.7. The van der Waals surface area contributed by atoms with Crippen LogP contribution in [0.5, 0.6) is 5.75 Å². The van der Waals surface area contributed by atoms with Crippen LogP contribution in [0.4, 0.5) is 5.69 Å². The van der Waals surface area contributed by atoms with E-state index in [9.17, 15) is 9.59 Å². The van der Waals surface area contributed by atoms with Gasteiger partial charge in [-0.05, 0) is 57.7 Å². The van der Waals surface area contributed by atoms with Crippen LogP contribution < -0.4 is 10.1 Å². The van der Waals surface area contributed by atoms with E-state index in [2.05, 4.69) is 21.2 Å². The Bertz CT molecular complexity index is 960. The van der Waals surface area contributed by atoms with E-state index >= 15 is 0 Å². The van der Waals surface area contributed by atoms with Gasteiger partial charge in [0.25, 0.3) is 5.91 Å². The van der Waals surface area contributed by atoms with Crippen LogP contribution in [0.25, 0.3) is 0 Å². The van der Waals surface area contributed by atoms with E-state index in [0.29, 0.717) is 23.6 Å². The summed E-state index contributed by atoms with van der Waals surface area (Å²) in [4.78, 5) is 27.4. The highest BCUT2D eigenvalue weighted by atomic mass is 79.9. The number of para-hydroxylation sites is 1. The number of carbonyl (C=O) groups is 2. The first-order valence-electron chi connectivity index (χ1n) is 8.58. The van der Waals surface area contributed by atoms with Crippen molar-refractivity contribution in [3.05, 3.63) is 81.0 Å². The molecule has 144 valence electrons. The molecule has 0 fully saturated rings. The third-order valence-electron chi connectivity index (χ3n) is 3.92. The van der Waals surface area contributed by atoms with Crippen LogP contribution in [0.1, 0.15) is 15.2 Å². The first-order valence-corrected chi connectivity index (χ1v) is 10.3. The van der Waals surface area contributed by atoms with Crippen LogP contribution >= 0.6 is 27.3 Å². The molecule has 1 heterocycles. The van der Waals surface area contributed by atoms with E-state index in [1.54, 1.807) is 42.6 Å². The summed E-state index contributed by atoms with van der Waals surface area (Å²) in [6.07, 6.45) is 0. The fraction of sp³-hybridized carbons (Fsp3) is 0.143. The summed E-state index contributed by atoms with van der Waals surface area (Å²) in [7, 11) is 1.60. The van der Waals surface area contributed by atoms with Gasteiger partial charge in [-0.15, -0.1) is 11.3 Å². The number of benzene rings is 2. The summed E-state index contributed by atoms with van der Waals surface area (Å²) >= 11 is 5.00. The van der Waals surface area contributed by atoms with Gasteiger partial charge in [-0.25, -0.2) is 0 Å². The standard InChI is InChI=1S/C21H19BrN2O3S/c1-24(13-20(25)23-19-10-3-2-9-18(19)22)21(26)15-6-4-7-16(12-15)27-14-17-8-5-11-28-17/h2-12H,13-14H2,1H3,(H,23,25). The number of ether oxygens (including phenoxy) is 1. The summed E-state index contributed by atoms with van der Waals surface area (Å²) in [6, 6.07) is 18.3. The lowest BCUT2D eigenvalue weighted by atomic mass is 10.2. The van der Waals surface area contributed by atoms with Gasteiger partial charge in [0.1, 0.15) is 12.4 Å². The number of amides is 2. The highest BCUT2D eigenvalue weighted by Gasteiger charge is 2.16. The Labute approximate surface area is 176 Å². The summed E-state index contributed by atoms with van der Waals surface area (Å²) in [6.45, 7) is 0.403. The molecule has 5 nitrogen and oxygen atoms in total. The smallest absolute Gasteiger partial charge is 0.254 e. The number of nitrogens with zero attached hydrogens (tertiary/aromatic N) is 1. The fourth-order valence-corrected chi connectivity index (χ4v) is 3.53. The van der Waals surface area contributed by atoms with Gasteiger partial charge in [0, 0.05) is 22.0 Å². The van der Waals surface area contributed by atoms with Crippen molar-refractivity contribution >= 4 is 44.8 Å². The largest absolute Gasteiger partial charge is 0.488 e. The van der Waals surface area contributed by atoms with E-state index in [1.807, 2.05) is 41.8 Å². The van der Waals surface area contributed by atoms with Crippen molar-refractivity contribution in [3.8, 4) is 5.75 Å². The van der Waals surface area contributed by atoms with Crippen molar-refractivity contribution in [2.75, 3.05) is 18.9 Å². The molecule has 0 spiro atoms. The Morgan fingerprint density at radius 1 is 1.11 bits per heavy atom. The van der Waals surface area contributed by atoms with Gasteiger partial charge >= 0.3 is 0 Å². The summed E-state index contributed by atoms with van der Waals surface area (Å²) < 4.78 is 6.53. The third-order valence-corrected chi connectivity index (χ3v) is 5.46. The van der Waals surface area contributed by atoms with E-state index in [1.165, 1.54) is 4.90 Å². The molecular formula is C21H19BrN2O3S. The molecule has 0 aliphatic carbocycles. The van der Waals surface area contributed by atoms with Crippen molar-refractivity contribution in [2.24, 2.45) is 0 Å². The Morgan fingerprint density at radius 2 is 1.93 bits per heavy atom. The number of anilines is 1. The molecule has 0 saturated heterocycles. The molecule has 28 heavy (non-hydrogen) atoms. The predicted molar refractivity (Wildman–Crippen MR) is 115 cm³/mol. The van der Waals surface area contributed by atoms with Crippen LogP contribution in [0.15, 0.2) is 70.5 Å². The van der Waals surface area contributed by atoms with Gasteiger partial charge in [-0.3, -0.25) is 9.59 Å². The Balaban J connectivity index is 1.58. The molecule has 0 radical (unpaired) electrons. The highest BCUT2D eigenvalue weighted by molar-refractivity contribution is 9.10. The second-order valence-electron chi connectivity index (χ2n) is 6.09.